The maximum Gasteiger partial charge on any atom is 0.229 e. The Morgan fingerprint density at radius 2 is 1.20 bits per heavy atom. The minimum atomic E-state index is -0.117. The molecule has 2 aliphatic rings. The summed E-state index contributed by atoms with van der Waals surface area (Å²) in [7, 11) is 0. The highest BCUT2D eigenvalue weighted by molar-refractivity contribution is 6.36. The number of carbonyl (C=O) groups excluding carboxylic acids is 2. The van der Waals surface area contributed by atoms with E-state index in [1.165, 1.54) is 62.1 Å². The Bertz CT molecular complexity index is 3190. The van der Waals surface area contributed by atoms with E-state index in [1.54, 1.807) is 12.3 Å². The summed E-state index contributed by atoms with van der Waals surface area (Å²) in [5.74, 6) is 0.726. The molecule has 2 fully saturated rings. The van der Waals surface area contributed by atoms with Gasteiger partial charge in [0.05, 0.1) is 27.2 Å². The number of benzene rings is 4. The number of nitrogens with zero attached hydrogens (tertiary/aromatic N) is 7. The molecule has 0 spiro atoms. The van der Waals surface area contributed by atoms with E-state index < -0.39 is 0 Å². The van der Waals surface area contributed by atoms with Gasteiger partial charge >= 0.3 is 0 Å². The van der Waals surface area contributed by atoms with Crippen molar-refractivity contribution in [3.05, 3.63) is 149 Å². The van der Waals surface area contributed by atoms with Crippen molar-refractivity contribution in [2.75, 3.05) is 46.6 Å². The van der Waals surface area contributed by atoms with E-state index in [0.717, 1.165) is 59.6 Å². The van der Waals surface area contributed by atoms with Crippen LogP contribution in [-0.4, -0.2) is 72.9 Å². The van der Waals surface area contributed by atoms with Gasteiger partial charge < -0.3 is 25.4 Å². The van der Waals surface area contributed by atoms with E-state index in [2.05, 4.69) is 89.1 Å². The summed E-state index contributed by atoms with van der Waals surface area (Å²) in [6.45, 7) is 11.4. The van der Waals surface area contributed by atoms with Crippen LogP contribution in [0.1, 0.15) is 49.7 Å². The number of allylic oxidation sites excluding steroid dienone is 2. The Hall–Kier alpha value is -7.06. The molecule has 0 saturated carbocycles. The summed E-state index contributed by atoms with van der Waals surface area (Å²) in [5, 5.41) is 16.5. The van der Waals surface area contributed by atoms with E-state index in [4.69, 9.17) is 44.8 Å². The fourth-order valence-electron chi connectivity index (χ4n) is 8.76. The smallest absolute Gasteiger partial charge is 0.229 e. The van der Waals surface area contributed by atoms with Gasteiger partial charge in [-0.05, 0) is 116 Å². The summed E-state index contributed by atoms with van der Waals surface area (Å²) in [4.78, 5) is 50.6. The molecule has 10 rings (SSSR count). The van der Waals surface area contributed by atoms with E-state index in [1.807, 2.05) is 54.6 Å². The fourth-order valence-corrected chi connectivity index (χ4v) is 9.39. The second-order valence-electron chi connectivity index (χ2n) is 17.0. The Balaban J connectivity index is 0.000000172. The topological polar surface area (TPSA) is 161 Å². The molecule has 13 nitrogen and oxygen atoms in total. The molecule has 0 aliphatic carbocycles. The summed E-state index contributed by atoms with van der Waals surface area (Å²) in [5.41, 5.74) is 9.77. The van der Waals surface area contributed by atoms with Crippen molar-refractivity contribution in [2.45, 2.75) is 51.4 Å². The molecule has 0 radical (unpaired) electrons. The molecule has 0 atom stereocenters. The van der Waals surface area contributed by atoms with Crippen LogP contribution < -0.4 is 20.4 Å². The third-order valence-corrected chi connectivity index (χ3v) is 13.2. The van der Waals surface area contributed by atoms with Crippen molar-refractivity contribution in [3.8, 4) is 22.5 Å². The number of piperidine rings is 2. The van der Waals surface area contributed by atoms with Crippen LogP contribution in [0.2, 0.25) is 15.2 Å². The van der Waals surface area contributed by atoms with Gasteiger partial charge in [-0.15, -0.1) is 0 Å². The molecule has 4 aromatic carbocycles. The number of aromatic nitrogens is 7. The minimum absolute atomic E-state index is 0.0272. The summed E-state index contributed by atoms with van der Waals surface area (Å²) >= 11 is 19.2. The predicted octanol–water partition coefficient (Wildman–Crippen LogP) is 12.7. The van der Waals surface area contributed by atoms with Crippen molar-refractivity contribution < 1.29 is 9.59 Å². The first-order chi connectivity index (χ1) is 33.6. The van der Waals surface area contributed by atoms with E-state index in [9.17, 15) is 9.59 Å². The first-order valence-electron chi connectivity index (χ1n) is 23.0. The number of hydrogen-bond acceptors (Lipinski definition) is 11. The van der Waals surface area contributed by atoms with Crippen LogP contribution in [0.15, 0.2) is 123 Å². The lowest BCUT2D eigenvalue weighted by Gasteiger charge is -2.29. The van der Waals surface area contributed by atoms with Crippen LogP contribution in [-0.2, 0) is 22.4 Å². The second-order valence-corrected chi connectivity index (χ2v) is 18.2. The SMILES string of the molecule is C=CC(=O)Cc1cc(-c2nc(Nc3cccc(N4CCCCC4)c3)nc3n[nH]c(Cl)c23)ccc1Cl.C=CC(=O)Cc1cccc(-c2nc(Nc3cccc(N4CCCCC4)c3)nc3[nH]cc(Cl)c23)c1. The second kappa shape index (κ2) is 21.5. The first kappa shape index (κ1) is 47.0. The highest BCUT2D eigenvalue weighted by Gasteiger charge is 2.20. The third kappa shape index (κ3) is 11.1. The van der Waals surface area contributed by atoms with E-state index >= 15 is 0 Å². The molecule has 2 saturated heterocycles. The van der Waals surface area contributed by atoms with Gasteiger partial charge in [0, 0.05) is 84.1 Å². The molecule has 0 bridgehead atoms. The molecular weight excluding hydrogens is 929 g/mol. The molecule has 2 aliphatic heterocycles. The lowest BCUT2D eigenvalue weighted by molar-refractivity contribution is -0.114. The fraction of sp³-hybridized carbons (Fsp3) is 0.226. The lowest BCUT2D eigenvalue weighted by atomic mass is 10.0. The van der Waals surface area contributed by atoms with Gasteiger partial charge in [0.2, 0.25) is 11.9 Å². The monoisotopic (exact) mass is 977 g/mol. The summed E-state index contributed by atoms with van der Waals surface area (Å²) in [6, 6.07) is 29.8. The maximum atomic E-state index is 12.0. The third-order valence-electron chi connectivity index (χ3n) is 12.2. The van der Waals surface area contributed by atoms with Crippen molar-refractivity contribution in [1.29, 1.82) is 0 Å². The molecule has 69 heavy (non-hydrogen) atoms. The minimum Gasteiger partial charge on any atom is -0.371 e. The summed E-state index contributed by atoms with van der Waals surface area (Å²) in [6.07, 6.45) is 12.3. The number of nitrogens with one attached hydrogen (secondary N) is 4. The molecule has 6 heterocycles. The van der Waals surface area contributed by atoms with Gasteiger partial charge in [-0.1, -0.05) is 84.4 Å². The van der Waals surface area contributed by atoms with Gasteiger partial charge in [-0.3, -0.25) is 14.7 Å². The van der Waals surface area contributed by atoms with Crippen LogP contribution >= 0.6 is 34.8 Å². The van der Waals surface area contributed by atoms with Gasteiger partial charge in [0.15, 0.2) is 17.2 Å². The molecule has 350 valence electrons. The van der Waals surface area contributed by atoms with Crippen LogP contribution in [0.3, 0.4) is 0 Å². The molecule has 0 amide bonds. The number of fused-ring (bicyclic) bond motifs is 2. The zero-order valence-electron chi connectivity index (χ0n) is 37.9. The quantitative estimate of drug-likeness (QED) is 0.0768. The van der Waals surface area contributed by atoms with Gasteiger partial charge in [0.25, 0.3) is 0 Å². The average molecular weight is 979 g/mol. The molecular formula is C53H50Cl3N11O2. The van der Waals surface area contributed by atoms with Gasteiger partial charge in [-0.2, -0.15) is 15.1 Å². The van der Waals surface area contributed by atoms with Gasteiger partial charge in [-0.25, -0.2) is 9.97 Å². The predicted molar refractivity (Wildman–Crippen MR) is 281 cm³/mol. The Morgan fingerprint density at radius 3 is 1.84 bits per heavy atom. The first-order valence-corrected chi connectivity index (χ1v) is 24.1. The van der Waals surface area contributed by atoms with Crippen molar-refractivity contribution in [3.63, 3.8) is 0 Å². The van der Waals surface area contributed by atoms with Crippen molar-refractivity contribution in [2.24, 2.45) is 0 Å². The summed E-state index contributed by atoms with van der Waals surface area (Å²) < 4.78 is 0. The normalized spacial score (nSPS) is 13.7. The van der Waals surface area contributed by atoms with Crippen LogP contribution in [0.4, 0.5) is 34.6 Å². The van der Waals surface area contributed by atoms with E-state index in [0.29, 0.717) is 67.1 Å². The maximum absolute atomic E-state index is 12.0. The number of ketones is 2. The average Bonchev–Trinajstić information content (AvgIpc) is 3.95. The zero-order valence-corrected chi connectivity index (χ0v) is 40.1. The van der Waals surface area contributed by atoms with Crippen LogP contribution in [0.25, 0.3) is 44.6 Å². The molecule has 0 unspecified atom stereocenters. The number of anilines is 6. The standard InChI is InChI=1S/C27H26ClN5O.C26H24Cl2N6O/c1-2-22(34)15-18-8-6-9-19(14-18)25-24-23(28)17-29-26(24)32-27(31-25)30-20-10-7-11-21(16-20)33-12-4-3-5-13-33;1-2-20(35)14-17-13-16(9-10-21(17)27)23-22-24(28)32-33-25(22)31-26(30-23)29-18-7-6-8-19(15-18)34-11-4-3-5-12-34/h2,6-11,14,16-17H,1,3-5,12-13,15H2,(H2,29,30,31,32);2,6-10,13,15H,1,3-5,11-12,14H2,(H2,29,30,31,32,33). The number of halogens is 3. The number of hydrogen-bond donors (Lipinski definition) is 4. The number of rotatable bonds is 14. The highest BCUT2D eigenvalue weighted by atomic mass is 35.5. The number of H-pyrrole nitrogens is 2. The van der Waals surface area contributed by atoms with Crippen LogP contribution in [0, 0.1) is 0 Å². The van der Waals surface area contributed by atoms with E-state index in [-0.39, 0.29) is 18.0 Å². The molecule has 16 heteroatoms. The Morgan fingerprint density at radius 1 is 0.623 bits per heavy atom. The van der Waals surface area contributed by atoms with Crippen molar-refractivity contribution in [1.82, 2.24) is 35.1 Å². The number of carbonyl (C=O) groups is 2. The van der Waals surface area contributed by atoms with Gasteiger partial charge in [0.1, 0.15) is 10.8 Å². The Labute approximate surface area is 415 Å². The largest absolute Gasteiger partial charge is 0.371 e. The number of aromatic amines is 2. The van der Waals surface area contributed by atoms with Crippen LogP contribution in [0.5, 0.6) is 0 Å². The lowest BCUT2D eigenvalue weighted by Crippen LogP contribution is -2.29. The van der Waals surface area contributed by atoms with Crippen molar-refractivity contribution >= 4 is 103 Å². The zero-order chi connectivity index (χ0) is 47.9. The molecule has 4 aromatic heterocycles. The Kier molecular flexibility index (Phi) is 14.6. The molecule has 4 N–H and O–H groups in total. The highest BCUT2D eigenvalue weighted by Crippen LogP contribution is 2.36. The molecule has 8 aromatic rings.